The Kier molecular flexibility index (Phi) is 10.0. The molecule has 1 aromatic rings. The van der Waals surface area contributed by atoms with Gasteiger partial charge in [-0.1, -0.05) is 6.07 Å². The van der Waals surface area contributed by atoms with Gasteiger partial charge < -0.3 is 20.3 Å². The molecule has 1 aromatic carbocycles. The first kappa shape index (κ1) is 23.6. The van der Waals surface area contributed by atoms with Crippen LogP contribution in [0.5, 0.6) is 5.75 Å². The van der Waals surface area contributed by atoms with Gasteiger partial charge in [0.25, 0.3) is 0 Å². The summed E-state index contributed by atoms with van der Waals surface area (Å²) in [6.45, 7) is 3.92. The lowest BCUT2D eigenvalue weighted by molar-refractivity contribution is -0.132. The number of nitrogens with one attached hydrogen (secondary N) is 2. The van der Waals surface area contributed by atoms with E-state index < -0.39 is 12.6 Å². The Labute approximate surface area is 175 Å². The summed E-state index contributed by atoms with van der Waals surface area (Å²) in [4.78, 5) is 6.31. The van der Waals surface area contributed by atoms with E-state index in [2.05, 4.69) is 20.5 Å². The van der Waals surface area contributed by atoms with Crippen molar-refractivity contribution in [3.05, 3.63) is 24.3 Å². The lowest BCUT2D eigenvalue weighted by atomic mass is 10.0. The van der Waals surface area contributed by atoms with Crippen LogP contribution in [0.1, 0.15) is 26.2 Å². The van der Waals surface area contributed by atoms with Crippen molar-refractivity contribution >= 4 is 35.6 Å². The maximum Gasteiger partial charge on any atom is 0.390 e. The van der Waals surface area contributed by atoms with Crippen LogP contribution in [0.25, 0.3) is 0 Å². The molecule has 0 amide bonds. The minimum Gasteiger partial charge on any atom is -0.497 e. The number of rotatable bonds is 6. The van der Waals surface area contributed by atoms with Crippen molar-refractivity contribution in [1.29, 1.82) is 0 Å². The summed E-state index contributed by atoms with van der Waals surface area (Å²) >= 11 is 0. The maximum atomic E-state index is 12.3. The van der Waals surface area contributed by atoms with Crippen LogP contribution in [0, 0.1) is 0 Å². The van der Waals surface area contributed by atoms with E-state index in [1.54, 1.807) is 7.11 Å². The molecule has 1 fully saturated rings. The summed E-state index contributed by atoms with van der Waals surface area (Å²) in [7, 11) is 1.64. The standard InChI is InChI=1S/C18H27F3N4O.HI/c1-3-22-17(23-10-9-18(19,20)21)24-14-6-5-11-25(13-14)15-7-4-8-16(12-15)26-2;/h4,7-8,12,14H,3,5-6,9-11,13H2,1-2H3,(H2,22,23,24);1H. The molecule has 0 aliphatic carbocycles. The van der Waals surface area contributed by atoms with Crippen molar-refractivity contribution < 1.29 is 17.9 Å². The molecule has 0 radical (unpaired) electrons. The van der Waals surface area contributed by atoms with Gasteiger partial charge in [0.1, 0.15) is 5.75 Å². The van der Waals surface area contributed by atoms with Gasteiger partial charge >= 0.3 is 6.18 Å². The van der Waals surface area contributed by atoms with Crippen LogP contribution < -0.4 is 20.3 Å². The molecular formula is C18H28F3IN4O. The molecule has 1 aliphatic rings. The number of guanidine groups is 1. The normalized spacial score (nSPS) is 17.9. The van der Waals surface area contributed by atoms with Crippen LogP contribution in [-0.2, 0) is 0 Å². The van der Waals surface area contributed by atoms with Crippen LogP contribution in [0.4, 0.5) is 18.9 Å². The molecule has 1 heterocycles. The van der Waals surface area contributed by atoms with Crippen LogP contribution >= 0.6 is 24.0 Å². The molecule has 154 valence electrons. The smallest absolute Gasteiger partial charge is 0.390 e. The van der Waals surface area contributed by atoms with E-state index in [4.69, 9.17) is 4.74 Å². The molecular weight excluding hydrogens is 472 g/mol. The van der Waals surface area contributed by atoms with Crippen LogP contribution in [0.3, 0.4) is 0 Å². The van der Waals surface area contributed by atoms with Crippen LogP contribution in [0.2, 0.25) is 0 Å². The van der Waals surface area contributed by atoms with E-state index in [-0.39, 0.29) is 36.6 Å². The quantitative estimate of drug-likeness (QED) is 0.355. The molecule has 5 nitrogen and oxygen atoms in total. The summed E-state index contributed by atoms with van der Waals surface area (Å²) < 4.78 is 42.3. The molecule has 0 spiro atoms. The van der Waals surface area contributed by atoms with Gasteiger partial charge in [0.2, 0.25) is 0 Å². The number of benzene rings is 1. The predicted molar refractivity (Wildman–Crippen MR) is 113 cm³/mol. The zero-order valence-corrected chi connectivity index (χ0v) is 18.0. The van der Waals surface area contributed by atoms with Crippen LogP contribution in [0.15, 0.2) is 29.3 Å². The lowest BCUT2D eigenvalue weighted by Gasteiger charge is -2.35. The molecule has 0 aromatic heterocycles. The van der Waals surface area contributed by atoms with E-state index >= 15 is 0 Å². The van der Waals surface area contributed by atoms with Gasteiger partial charge in [-0.05, 0) is 31.9 Å². The largest absolute Gasteiger partial charge is 0.497 e. The highest BCUT2D eigenvalue weighted by molar-refractivity contribution is 14.0. The second-order valence-electron chi connectivity index (χ2n) is 6.26. The van der Waals surface area contributed by atoms with Gasteiger partial charge in [-0.15, -0.1) is 24.0 Å². The SMILES string of the molecule is CCNC(=NCCC(F)(F)F)NC1CCCN(c2cccc(OC)c2)C1.I. The predicted octanol–water partition coefficient (Wildman–Crippen LogP) is 3.79. The van der Waals surface area contributed by atoms with Crippen molar-refractivity contribution in [3.63, 3.8) is 0 Å². The summed E-state index contributed by atoms with van der Waals surface area (Å²) in [6.07, 6.45) is -3.15. The molecule has 27 heavy (non-hydrogen) atoms. The van der Waals surface area contributed by atoms with Crippen molar-refractivity contribution in [2.24, 2.45) is 4.99 Å². The Hall–Kier alpha value is -1.39. The van der Waals surface area contributed by atoms with E-state index in [1.807, 2.05) is 31.2 Å². The topological polar surface area (TPSA) is 48.9 Å². The summed E-state index contributed by atoms with van der Waals surface area (Å²) in [6, 6.07) is 8.00. The number of methoxy groups -OCH3 is 1. The summed E-state index contributed by atoms with van der Waals surface area (Å²) in [5.41, 5.74) is 1.08. The highest BCUT2D eigenvalue weighted by atomic mass is 127. The molecule has 1 saturated heterocycles. The van der Waals surface area contributed by atoms with E-state index in [1.165, 1.54) is 0 Å². The van der Waals surface area contributed by atoms with Crippen LogP contribution in [-0.4, -0.2) is 51.5 Å². The lowest BCUT2D eigenvalue weighted by Crippen LogP contribution is -2.51. The minimum absolute atomic E-state index is 0. The molecule has 1 aliphatic heterocycles. The Morgan fingerprint density at radius 1 is 1.37 bits per heavy atom. The number of hydrogen-bond donors (Lipinski definition) is 2. The van der Waals surface area contributed by atoms with Gasteiger partial charge in [-0.25, -0.2) is 0 Å². The fourth-order valence-electron chi connectivity index (χ4n) is 2.94. The molecule has 2 N–H and O–H groups in total. The van der Waals surface area contributed by atoms with E-state index in [9.17, 15) is 13.2 Å². The van der Waals surface area contributed by atoms with Gasteiger partial charge in [0, 0.05) is 37.4 Å². The average molecular weight is 500 g/mol. The zero-order valence-electron chi connectivity index (χ0n) is 15.7. The Balaban J connectivity index is 0.00000364. The number of aliphatic imine (C=N–C) groups is 1. The van der Waals surface area contributed by atoms with Gasteiger partial charge in [-0.3, -0.25) is 4.99 Å². The monoisotopic (exact) mass is 500 g/mol. The first-order valence-corrected chi connectivity index (χ1v) is 8.92. The molecule has 9 heteroatoms. The van der Waals surface area contributed by atoms with Crippen molar-refractivity contribution in [2.75, 3.05) is 38.2 Å². The Morgan fingerprint density at radius 2 is 2.15 bits per heavy atom. The number of ether oxygens (including phenoxy) is 1. The van der Waals surface area contributed by atoms with E-state index in [0.717, 1.165) is 37.4 Å². The number of halogens is 4. The van der Waals surface area contributed by atoms with Gasteiger partial charge in [0.05, 0.1) is 20.1 Å². The number of anilines is 1. The van der Waals surface area contributed by atoms with E-state index in [0.29, 0.717) is 12.5 Å². The zero-order chi connectivity index (χ0) is 19.0. The minimum atomic E-state index is -4.19. The summed E-state index contributed by atoms with van der Waals surface area (Å²) in [5, 5.41) is 6.29. The second-order valence-corrected chi connectivity index (χ2v) is 6.26. The molecule has 0 bridgehead atoms. The maximum absolute atomic E-state index is 12.3. The third kappa shape index (κ3) is 8.44. The highest BCUT2D eigenvalue weighted by Crippen LogP contribution is 2.24. The van der Waals surface area contributed by atoms with Crippen molar-refractivity contribution in [1.82, 2.24) is 10.6 Å². The first-order valence-electron chi connectivity index (χ1n) is 8.92. The Morgan fingerprint density at radius 3 is 2.81 bits per heavy atom. The third-order valence-corrected chi connectivity index (χ3v) is 4.19. The average Bonchev–Trinajstić information content (AvgIpc) is 2.61. The van der Waals surface area contributed by atoms with Crippen molar-refractivity contribution in [3.8, 4) is 5.75 Å². The number of alkyl halides is 3. The number of piperidine rings is 1. The number of nitrogens with zero attached hydrogens (tertiary/aromatic N) is 2. The molecule has 1 atom stereocenters. The summed E-state index contributed by atoms with van der Waals surface area (Å²) in [5.74, 6) is 1.24. The second kappa shape index (κ2) is 11.5. The van der Waals surface area contributed by atoms with Gasteiger partial charge in [0.15, 0.2) is 5.96 Å². The molecule has 2 rings (SSSR count). The molecule has 0 saturated carbocycles. The van der Waals surface area contributed by atoms with Crippen molar-refractivity contribution in [2.45, 2.75) is 38.4 Å². The Bertz CT molecular complexity index is 598. The number of hydrogen-bond acceptors (Lipinski definition) is 3. The first-order chi connectivity index (χ1) is 12.4. The fourth-order valence-corrected chi connectivity index (χ4v) is 2.94. The molecule has 1 unspecified atom stereocenters. The highest BCUT2D eigenvalue weighted by Gasteiger charge is 2.26. The van der Waals surface area contributed by atoms with Gasteiger partial charge in [-0.2, -0.15) is 13.2 Å². The fraction of sp³-hybridized carbons (Fsp3) is 0.611. The third-order valence-electron chi connectivity index (χ3n) is 4.19.